The van der Waals surface area contributed by atoms with Gasteiger partial charge in [0.1, 0.15) is 5.01 Å². The van der Waals surface area contributed by atoms with Crippen molar-refractivity contribution < 1.29 is 4.79 Å². The van der Waals surface area contributed by atoms with Gasteiger partial charge in [0, 0.05) is 11.8 Å². The number of anilines is 1. The van der Waals surface area contributed by atoms with Crippen molar-refractivity contribution >= 4 is 39.9 Å². The number of hydrogen-bond acceptors (Lipinski definition) is 8. The van der Waals surface area contributed by atoms with Crippen LogP contribution in [-0.2, 0) is 11.2 Å². The summed E-state index contributed by atoms with van der Waals surface area (Å²) < 4.78 is 1.78. The van der Waals surface area contributed by atoms with Crippen LogP contribution in [0.3, 0.4) is 0 Å². The van der Waals surface area contributed by atoms with Gasteiger partial charge in [-0.05, 0) is 13.3 Å². The summed E-state index contributed by atoms with van der Waals surface area (Å²) in [5, 5.41) is 20.3. The van der Waals surface area contributed by atoms with Gasteiger partial charge in [-0.15, -0.1) is 20.4 Å². The second kappa shape index (κ2) is 7.09. The van der Waals surface area contributed by atoms with Crippen LogP contribution in [0, 0.1) is 6.92 Å². The molecule has 0 radical (unpaired) electrons. The summed E-state index contributed by atoms with van der Waals surface area (Å²) in [4.78, 5) is 26.3. The number of fused-ring (bicyclic) bond motifs is 1. The highest BCUT2D eigenvalue weighted by molar-refractivity contribution is 7.99. The minimum absolute atomic E-state index is 0.157. The van der Waals surface area contributed by atoms with E-state index in [9.17, 15) is 9.59 Å². The number of aromatic nitrogens is 6. The molecule has 3 rings (SSSR count). The fourth-order valence-electron chi connectivity index (χ4n) is 2.14. The Labute approximate surface area is 144 Å². The first-order valence-electron chi connectivity index (χ1n) is 7.27. The Morgan fingerprint density at radius 2 is 2.21 bits per heavy atom. The van der Waals surface area contributed by atoms with Gasteiger partial charge in [-0.3, -0.25) is 24.3 Å². The van der Waals surface area contributed by atoms with Gasteiger partial charge in [-0.1, -0.05) is 36.4 Å². The molecule has 3 aromatic rings. The molecule has 0 fully saturated rings. The second-order valence-electron chi connectivity index (χ2n) is 4.98. The van der Waals surface area contributed by atoms with Crippen molar-refractivity contribution in [1.29, 1.82) is 0 Å². The Kier molecular flexibility index (Phi) is 4.90. The molecule has 1 amide bonds. The molecule has 0 aliphatic carbocycles. The summed E-state index contributed by atoms with van der Waals surface area (Å²) in [6, 6.07) is 1.54. The van der Waals surface area contributed by atoms with E-state index in [4.69, 9.17) is 0 Å². The topological polar surface area (TPSA) is 118 Å². The average Bonchev–Trinajstić information content (AvgIpc) is 3.11. The SMILES string of the molecule is CCCc1cc(=O)[nH]c2nnc(SCC(=O)Nc3nnc(C)s3)n12. The zero-order valence-electron chi connectivity index (χ0n) is 13.1. The Bertz CT molecular complexity index is 930. The lowest BCUT2D eigenvalue weighted by Crippen LogP contribution is -2.15. The van der Waals surface area contributed by atoms with E-state index < -0.39 is 0 Å². The van der Waals surface area contributed by atoms with Gasteiger partial charge in [0.15, 0.2) is 5.16 Å². The smallest absolute Gasteiger partial charge is 0.252 e. The fraction of sp³-hybridized carbons (Fsp3) is 0.385. The molecular formula is C13H15N7O2S2. The fourth-order valence-corrected chi connectivity index (χ4v) is 3.51. The summed E-state index contributed by atoms with van der Waals surface area (Å²) in [5.41, 5.74) is 0.614. The lowest BCUT2D eigenvalue weighted by molar-refractivity contribution is -0.113. The first-order valence-corrected chi connectivity index (χ1v) is 9.07. The largest absolute Gasteiger partial charge is 0.300 e. The van der Waals surface area contributed by atoms with Crippen LogP contribution >= 0.6 is 23.1 Å². The summed E-state index contributed by atoms with van der Waals surface area (Å²) >= 11 is 2.56. The van der Waals surface area contributed by atoms with E-state index >= 15 is 0 Å². The Morgan fingerprint density at radius 3 is 2.92 bits per heavy atom. The molecule has 0 spiro atoms. The number of amides is 1. The average molecular weight is 365 g/mol. The Balaban J connectivity index is 1.75. The van der Waals surface area contributed by atoms with Gasteiger partial charge in [-0.2, -0.15) is 0 Å². The van der Waals surface area contributed by atoms with E-state index in [2.05, 4.69) is 30.7 Å². The zero-order chi connectivity index (χ0) is 17.1. The van der Waals surface area contributed by atoms with Gasteiger partial charge in [0.25, 0.3) is 5.56 Å². The number of H-pyrrole nitrogens is 1. The zero-order valence-corrected chi connectivity index (χ0v) is 14.7. The molecule has 3 aromatic heterocycles. The van der Waals surface area contributed by atoms with Crippen LogP contribution in [-0.4, -0.2) is 41.4 Å². The third-order valence-corrected chi connectivity index (χ3v) is 4.75. The van der Waals surface area contributed by atoms with Gasteiger partial charge in [-0.25, -0.2) is 0 Å². The number of nitrogens with zero attached hydrogens (tertiary/aromatic N) is 5. The lowest BCUT2D eigenvalue weighted by atomic mass is 10.2. The van der Waals surface area contributed by atoms with Crippen molar-refractivity contribution in [1.82, 2.24) is 29.8 Å². The van der Waals surface area contributed by atoms with Crippen molar-refractivity contribution in [2.24, 2.45) is 0 Å². The van der Waals surface area contributed by atoms with E-state index in [-0.39, 0.29) is 17.2 Å². The highest BCUT2D eigenvalue weighted by Gasteiger charge is 2.14. The molecular weight excluding hydrogens is 350 g/mol. The molecule has 11 heteroatoms. The van der Waals surface area contributed by atoms with Gasteiger partial charge >= 0.3 is 0 Å². The molecule has 0 saturated heterocycles. The van der Waals surface area contributed by atoms with E-state index in [1.54, 1.807) is 4.40 Å². The number of aryl methyl sites for hydroxylation is 2. The monoisotopic (exact) mass is 365 g/mol. The number of aromatic amines is 1. The molecule has 126 valence electrons. The molecule has 0 bridgehead atoms. The van der Waals surface area contributed by atoms with Crippen molar-refractivity contribution in [3.63, 3.8) is 0 Å². The van der Waals surface area contributed by atoms with E-state index in [0.29, 0.717) is 16.1 Å². The molecule has 0 atom stereocenters. The van der Waals surface area contributed by atoms with Crippen molar-refractivity contribution in [2.75, 3.05) is 11.1 Å². The number of rotatable bonds is 6. The van der Waals surface area contributed by atoms with Crippen LogP contribution in [0.5, 0.6) is 0 Å². The standard InChI is InChI=1S/C13H15N7O2S2/c1-3-4-8-5-9(21)14-11-17-19-13(20(8)11)23-6-10(22)15-12-18-16-7(2)24-12/h5H,3-4,6H2,1-2H3,(H,14,17,21)(H,15,18,22). The number of carbonyl (C=O) groups is 1. The minimum Gasteiger partial charge on any atom is -0.300 e. The molecule has 24 heavy (non-hydrogen) atoms. The maximum absolute atomic E-state index is 12.0. The first kappa shape index (κ1) is 16.6. The van der Waals surface area contributed by atoms with Gasteiger partial charge in [0.05, 0.1) is 5.75 Å². The van der Waals surface area contributed by atoms with Crippen LogP contribution in [0.25, 0.3) is 5.78 Å². The number of hydrogen-bond donors (Lipinski definition) is 2. The number of carbonyl (C=O) groups excluding carboxylic acids is 1. The normalized spacial score (nSPS) is 11.1. The molecule has 0 unspecified atom stereocenters. The molecule has 3 heterocycles. The first-order chi connectivity index (χ1) is 11.6. The number of nitrogens with one attached hydrogen (secondary N) is 2. The summed E-state index contributed by atoms with van der Waals surface area (Å²) in [7, 11) is 0. The second-order valence-corrected chi connectivity index (χ2v) is 7.10. The van der Waals surface area contributed by atoms with Gasteiger partial charge in [0.2, 0.25) is 16.8 Å². The third kappa shape index (κ3) is 3.62. The summed E-state index contributed by atoms with van der Waals surface area (Å²) in [6.07, 6.45) is 1.61. The molecule has 0 aromatic carbocycles. The van der Waals surface area contributed by atoms with E-state index in [1.165, 1.54) is 29.2 Å². The van der Waals surface area contributed by atoms with Crippen molar-refractivity contribution in [2.45, 2.75) is 31.8 Å². The maximum atomic E-state index is 12.0. The van der Waals surface area contributed by atoms with Crippen LogP contribution < -0.4 is 10.9 Å². The molecule has 0 saturated carbocycles. The third-order valence-electron chi connectivity index (χ3n) is 3.06. The highest BCUT2D eigenvalue weighted by Crippen LogP contribution is 2.19. The van der Waals surface area contributed by atoms with E-state index in [0.717, 1.165) is 23.5 Å². The lowest BCUT2D eigenvalue weighted by Gasteiger charge is -2.05. The molecule has 9 nitrogen and oxygen atoms in total. The van der Waals surface area contributed by atoms with Crippen molar-refractivity contribution in [3.8, 4) is 0 Å². The van der Waals surface area contributed by atoms with Gasteiger partial charge < -0.3 is 0 Å². The summed E-state index contributed by atoms with van der Waals surface area (Å²) in [5.74, 6) is 0.340. The molecule has 2 N–H and O–H groups in total. The maximum Gasteiger partial charge on any atom is 0.252 e. The summed E-state index contributed by atoms with van der Waals surface area (Å²) in [6.45, 7) is 3.85. The van der Waals surface area contributed by atoms with E-state index in [1.807, 2.05) is 13.8 Å². The predicted molar refractivity (Wildman–Crippen MR) is 91.6 cm³/mol. The van der Waals surface area contributed by atoms with Crippen LogP contribution in [0.15, 0.2) is 16.0 Å². The van der Waals surface area contributed by atoms with Crippen molar-refractivity contribution in [3.05, 3.63) is 27.1 Å². The molecule has 0 aliphatic rings. The number of thioether (sulfide) groups is 1. The predicted octanol–water partition coefficient (Wildman–Crippen LogP) is 1.26. The van der Waals surface area contributed by atoms with Crippen LogP contribution in [0.2, 0.25) is 0 Å². The van der Waals surface area contributed by atoms with Crippen LogP contribution in [0.4, 0.5) is 5.13 Å². The quantitative estimate of drug-likeness (QED) is 0.631. The highest BCUT2D eigenvalue weighted by atomic mass is 32.2. The Hall–Kier alpha value is -2.27. The Morgan fingerprint density at radius 1 is 1.38 bits per heavy atom. The minimum atomic E-state index is -0.209. The van der Waals surface area contributed by atoms with Crippen LogP contribution in [0.1, 0.15) is 24.0 Å². The molecule has 0 aliphatic heterocycles.